The van der Waals surface area contributed by atoms with E-state index in [0.29, 0.717) is 0 Å². The molecule has 0 aliphatic carbocycles. The predicted octanol–water partition coefficient (Wildman–Crippen LogP) is 4.65. The van der Waals surface area contributed by atoms with Crippen molar-refractivity contribution >= 4 is 33.0 Å². The smallest absolute Gasteiger partial charge is 0.159 e. The van der Waals surface area contributed by atoms with Crippen molar-refractivity contribution in [2.45, 2.75) is 0 Å². The Morgan fingerprint density at radius 1 is 0.630 bits per heavy atom. The Bertz CT molecular complexity index is 1370. The molecule has 3 heterocycles. The van der Waals surface area contributed by atoms with Crippen molar-refractivity contribution in [3.63, 3.8) is 0 Å². The van der Waals surface area contributed by atoms with E-state index in [-0.39, 0.29) is 0 Å². The van der Waals surface area contributed by atoms with E-state index in [2.05, 4.69) is 48.3 Å². The summed E-state index contributed by atoms with van der Waals surface area (Å²) in [6.45, 7) is 0. The fourth-order valence-electron chi connectivity index (χ4n) is 3.50. The Labute approximate surface area is 153 Å². The lowest BCUT2D eigenvalue weighted by atomic mass is 10.1. The first-order chi connectivity index (χ1) is 13.3. The molecule has 3 aromatic heterocycles. The Balaban J connectivity index is 1.48. The number of para-hydroxylation sites is 4. The number of aromatic nitrogens is 6. The van der Waals surface area contributed by atoms with E-state index >= 15 is 0 Å². The largest absolute Gasteiger partial charge is 0.338 e. The standard InChI is InChI=1S/C21H14N6/c1-2-6-15-14(5-1)22-20(23-15)12-9-10-13-18(11-12)26-27-19(13)21-24-16-7-3-4-8-17(16)25-21/h1-11H,(H,22,23)(H,24,25)(H,26,27). The Hall–Kier alpha value is -3.93. The summed E-state index contributed by atoms with van der Waals surface area (Å²) in [6, 6.07) is 22.2. The second kappa shape index (κ2) is 5.28. The summed E-state index contributed by atoms with van der Waals surface area (Å²) in [5.41, 5.74) is 6.70. The van der Waals surface area contributed by atoms with Crippen LogP contribution in [0.5, 0.6) is 0 Å². The van der Waals surface area contributed by atoms with Crippen LogP contribution >= 0.6 is 0 Å². The molecule has 6 rings (SSSR count). The topological polar surface area (TPSA) is 86.0 Å². The van der Waals surface area contributed by atoms with E-state index in [1.807, 2.05) is 48.5 Å². The highest BCUT2D eigenvalue weighted by Crippen LogP contribution is 2.29. The molecule has 3 aromatic carbocycles. The lowest BCUT2D eigenvalue weighted by molar-refractivity contribution is 1.10. The van der Waals surface area contributed by atoms with Gasteiger partial charge < -0.3 is 9.97 Å². The van der Waals surface area contributed by atoms with Crippen LogP contribution in [-0.4, -0.2) is 30.1 Å². The molecule has 0 bridgehead atoms. The lowest BCUT2D eigenvalue weighted by Crippen LogP contribution is -1.82. The molecule has 0 radical (unpaired) electrons. The molecule has 0 saturated carbocycles. The highest BCUT2D eigenvalue weighted by molar-refractivity contribution is 5.95. The van der Waals surface area contributed by atoms with Gasteiger partial charge in [-0.05, 0) is 36.4 Å². The molecule has 3 N–H and O–H groups in total. The van der Waals surface area contributed by atoms with Crippen LogP contribution in [0.4, 0.5) is 0 Å². The molecule has 0 aliphatic heterocycles. The minimum Gasteiger partial charge on any atom is -0.338 e. The van der Waals surface area contributed by atoms with Crippen LogP contribution in [0.2, 0.25) is 0 Å². The summed E-state index contributed by atoms with van der Waals surface area (Å²) >= 11 is 0. The zero-order valence-electron chi connectivity index (χ0n) is 14.2. The van der Waals surface area contributed by atoms with Gasteiger partial charge in [0.2, 0.25) is 0 Å². The van der Waals surface area contributed by atoms with Crippen LogP contribution in [0.1, 0.15) is 0 Å². The van der Waals surface area contributed by atoms with Crippen LogP contribution < -0.4 is 0 Å². The van der Waals surface area contributed by atoms with Gasteiger partial charge in [0.1, 0.15) is 11.5 Å². The average Bonchev–Trinajstić information content (AvgIpc) is 3.42. The second-order valence-electron chi connectivity index (χ2n) is 6.54. The second-order valence-corrected chi connectivity index (χ2v) is 6.54. The van der Waals surface area contributed by atoms with Crippen molar-refractivity contribution in [1.82, 2.24) is 30.1 Å². The van der Waals surface area contributed by atoms with Gasteiger partial charge in [-0.15, -0.1) is 0 Å². The Morgan fingerprint density at radius 2 is 1.30 bits per heavy atom. The molecule has 6 aromatic rings. The maximum atomic E-state index is 4.68. The van der Waals surface area contributed by atoms with Gasteiger partial charge in [-0.1, -0.05) is 30.3 Å². The van der Waals surface area contributed by atoms with E-state index in [0.717, 1.165) is 55.9 Å². The van der Waals surface area contributed by atoms with Gasteiger partial charge in [0.05, 0.1) is 27.6 Å². The monoisotopic (exact) mass is 350 g/mol. The third-order valence-electron chi connectivity index (χ3n) is 4.84. The lowest BCUT2D eigenvalue weighted by Gasteiger charge is -1.97. The van der Waals surface area contributed by atoms with Crippen LogP contribution in [0.25, 0.3) is 55.9 Å². The van der Waals surface area contributed by atoms with Crippen LogP contribution in [-0.2, 0) is 0 Å². The first-order valence-electron chi connectivity index (χ1n) is 8.73. The summed E-state index contributed by atoms with van der Waals surface area (Å²) < 4.78 is 0. The summed E-state index contributed by atoms with van der Waals surface area (Å²) in [7, 11) is 0. The minimum absolute atomic E-state index is 0.763. The average molecular weight is 350 g/mol. The van der Waals surface area contributed by atoms with E-state index in [9.17, 15) is 0 Å². The van der Waals surface area contributed by atoms with Crippen molar-refractivity contribution in [1.29, 1.82) is 0 Å². The predicted molar refractivity (Wildman–Crippen MR) is 106 cm³/mol. The van der Waals surface area contributed by atoms with Crippen LogP contribution in [0.15, 0.2) is 66.7 Å². The number of nitrogens with one attached hydrogen (secondary N) is 3. The van der Waals surface area contributed by atoms with Crippen molar-refractivity contribution in [3.8, 4) is 22.9 Å². The fraction of sp³-hybridized carbons (Fsp3) is 0. The number of imidazole rings is 2. The van der Waals surface area contributed by atoms with Gasteiger partial charge in [0, 0.05) is 10.9 Å². The Kier molecular flexibility index (Phi) is 2.79. The van der Waals surface area contributed by atoms with Crippen molar-refractivity contribution in [2.24, 2.45) is 0 Å². The number of hydrogen-bond donors (Lipinski definition) is 3. The normalized spacial score (nSPS) is 11.7. The summed E-state index contributed by atoms with van der Waals surface area (Å²) in [4.78, 5) is 16.0. The highest BCUT2D eigenvalue weighted by Gasteiger charge is 2.14. The van der Waals surface area contributed by atoms with Crippen LogP contribution in [0.3, 0.4) is 0 Å². The van der Waals surface area contributed by atoms with Gasteiger partial charge in [-0.25, -0.2) is 9.97 Å². The maximum absolute atomic E-state index is 4.68. The molecule has 0 fully saturated rings. The molecule has 0 aliphatic rings. The number of benzene rings is 3. The van der Waals surface area contributed by atoms with E-state index in [4.69, 9.17) is 0 Å². The van der Waals surface area contributed by atoms with E-state index < -0.39 is 0 Å². The van der Waals surface area contributed by atoms with E-state index in [1.54, 1.807) is 0 Å². The SMILES string of the molecule is c1ccc2[nH]c(-c3ccc4c(-c5nc6ccccc6[nH]5)n[nH]c4c3)nc2c1. The molecule has 0 amide bonds. The number of fused-ring (bicyclic) bond motifs is 3. The van der Waals surface area contributed by atoms with Gasteiger partial charge in [0.15, 0.2) is 5.82 Å². The molecule has 27 heavy (non-hydrogen) atoms. The molecule has 0 atom stereocenters. The molecule has 0 saturated heterocycles. The molecule has 0 spiro atoms. The third-order valence-corrected chi connectivity index (χ3v) is 4.84. The maximum Gasteiger partial charge on any atom is 0.159 e. The van der Waals surface area contributed by atoms with Crippen molar-refractivity contribution in [3.05, 3.63) is 66.7 Å². The summed E-state index contributed by atoms with van der Waals surface area (Å²) in [5, 5.41) is 8.63. The highest BCUT2D eigenvalue weighted by atomic mass is 15.1. The number of hydrogen-bond acceptors (Lipinski definition) is 3. The number of aromatic amines is 3. The number of rotatable bonds is 2. The number of H-pyrrole nitrogens is 3. The zero-order valence-corrected chi connectivity index (χ0v) is 14.2. The first-order valence-corrected chi connectivity index (χ1v) is 8.73. The fourth-order valence-corrected chi connectivity index (χ4v) is 3.50. The third kappa shape index (κ3) is 2.17. The molecule has 128 valence electrons. The molecular weight excluding hydrogens is 336 g/mol. The zero-order chi connectivity index (χ0) is 17.8. The van der Waals surface area contributed by atoms with Gasteiger partial charge in [-0.3, -0.25) is 5.10 Å². The Morgan fingerprint density at radius 3 is 2.04 bits per heavy atom. The molecule has 6 nitrogen and oxygen atoms in total. The molecule has 6 heteroatoms. The molecule has 0 unspecified atom stereocenters. The molecular formula is C21H14N6. The van der Waals surface area contributed by atoms with Crippen LogP contribution in [0, 0.1) is 0 Å². The van der Waals surface area contributed by atoms with Gasteiger partial charge in [-0.2, -0.15) is 5.10 Å². The number of nitrogens with zero attached hydrogens (tertiary/aromatic N) is 3. The summed E-state index contributed by atoms with van der Waals surface area (Å²) in [6.07, 6.45) is 0. The van der Waals surface area contributed by atoms with Gasteiger partial charge in [0.25, 0.3) is 0 Å². The quantitative estimate of drug-likeness (QED) is 0.425. The van der Waals surface area contributed by atoms with Crippen molar-refractivity contribution in [2.75, 3.05) is 0 Å². The minimum atomic E-state index is 0.763. The van der Waals surface area contributed by atoms with E-state index in [1.165, 1.54) is 0 Å². The van der Waals surface area contributed by atoms with Gasteiger partial charge >= 0.3 is 0 Å². The van der Waals surface area contributed by atoms with Crippen molar-refractivity contribution < 1.29 is 0 Å². The first kappa shape index (κ1) is 14.3. The summed E-state index contributed by atoms with van der Waals surface area (Å²) in [5.74, 6) is 1.61.